The van der Waals surface area contributed by atoms with Crippen LogP contribution in [0.4, 0.5) is 0 Å². The Hall–Kier alpha value is -7.34. The van der Waals surface area contributed by atoms with E-state index in [1.165, 1.54) is 232 Å². The number of fused-ring (bicyclic) bond motifs is 7. The summed E-state index contributed by atoms with van der Waals surface area (Å²) in [6, 6.07) is 34.3. The van der Waals surface area contributed by atoms with Gasteiger partial charge in [0.2, 0.25) is 0 Å². The van der Waals surface area contributed by atoms with Crippen molar-refractivity contribution >= 4 is 144 Å². The van der Waals surface area contributed by atoms with Gasteiger partial charge >= 0.3 is 0 Å². The summed E-state index contributed by atoms with van der Waals surface area (Å²) in [7, 11) is 0. The third-order valence-corrected chi connectivity index (χ3v) is 30.7. The van der Waals surface area contributed by atoms with E-state index in [0.717, 1.165) is 86.8 Å². The molecule has 0 radical (unpaired) electrons. The SMILES string of the molecule is [C-]#[N+]/C(C#N)=C1\C(=C\c2cc(CCCCCC)c(-c3cc(CCCCCC)c(-c4cc5sc6c7sc(-c8sc(-c9sc(/C=C%10\C(=O)c%11ccccc%11\C%10=C(\C#N)[N+]#[C-])cc9CCCCCC)cc8CCCCCC)cc7n(C(CCCCCCCC)CCCCCCCC)c6c5s4)s3)s2)C(=O)c2ccccc21. The molecular weight excluding hydrogens is 1440 g/mol. The summed E-state index contributed by atoms with van der Waals surface area (Å²) >= 11 is 13.5. The van der Waals surface area contributed by atoms with Gasteiger partial charge in [-0.3, -0.25) is 9.59 Å². The normalized spacial score (nSPS) is 14.6. The highest BCUT2D eigenvalue weighted by molar-refractivity contribution is 7.38. The summed E-state index contributed by atoms with van der Waals surface area (Å²) in [6.07, 6.45) is 44.1. The Labute approximate surface area is 664 Å². The first-order valence-electron chi connectivity index (χ1n) is 40.3. The Kier molecular flexibility index (Phi) is 28.8. The largest absolute Gasteiger partial charge is 0.335 e. The number of ketones is 2. The number of unbranched alkanes of at least 4 members (excludes halogenated alkanes) is 22. The minimum Gasteiger partial charge on any atom is -0.335 e. The third-order valence-electron chi connectivity index (χ3n) is 21.7. The van der Waals surface area contributed by atoms with Gasteiger partial charge in [-0.15, -0.1) is 79.4 Å². The number of thiophene rings is 7. The van der Waals surface area contributed by atoms with Gasteiger partial charge in [0.25, 0.3) is 11.4 Å². The Morgan fingerprint density at radius 1 is 0.411 bits per heavy atom. The topological polar surface area (TPSA) is 95.4 Å². The Morgan fingerprint density at radius 3 is 1.18 bits per heavy atom. The van der Waals surface area contributed by atoms with Crippen molar-refractivity contribution in [2.24, 2.45) is 0 Å². The fourth-order valence-electron chi connectivity index (χ4n) is 16.0. The molecular formula is C93H103N5O2S7. The molecule has 107 heavy (non-hydrogen) atoms. The zero-order chi connectivity index (χ0) is 74.8. The second-order valence-electron chi connectivity index (χ2n) is 29.5. The first-order chi connectivity index (χ1) is 52.5. The van der Waals surface area contributed by atoms with Crippen molar-refractivity contribution in [2.75, 3.05) is 0 Å². The highest BCUT2D eigenvalue weighted by Gasteiger charge is 2.35. The number of aromatic nitrogens is 1. The van der Waals surface area contributed by atoms with Crippen molar-refractivity contribution in [3.8, 4) is 51.2 Å². The number of hydrogen-bond acceptors (Lipinski definition) is 11. The van der Waals surface area contributed by atoms with Crippen LogP contribution >= 0.6 is 79.4 Å². The van der Waals surface area contributed by atoms with Gasteiger partial charge in [-0.2, -0.15) is 0 Å². The maximum Gasteiger partial charge on any atom is 0.270 e. The number of carbonyl (C=O) groups is 2. The van der Waals surface area contributed by atoms with Gasteiger partial charge in [-0.05, 0) is 146 Å². The molecule has 10 aromatic rings. The van der Waals surface area contributed by atoms with Gasteiger partial charge < -0.3 is 4.57 Å². The van der Waals surface area contributed by atoms with Gasteiger partial charge in [0.05, 0.1) is 50.4 Å². The number of allylic oxidation sites excluding steroid dienone is 6. The molecule has 0 N–H and O–H groups in total. The molecule has 0 unspecified atom stereocenters. The quantitative estimate of drug-likeness (QED) is 0.0165. The molecule has 554 valence electrons. The maximum absolute atomic E-state index is 14.3. The number of Topliss-reactive ketones (excluding diaryl/α,β-unsaturated/α-hetero) is 2. The highest BCUT2D eigenvalue weighted by atomic mass is 32.1. The fraction of sp³-hybridized carbons (Fsp3) is 0.441. The van der Waals surface area contributed by atoms with Crippen LogP contribution in [0.1, 0.15) is 304 Å². The van der Waals surface area contributed by atoms with Crippen LogP contribution in [0.2, 0.25) is 0 Å². The smallest absolute Gasteiger partial charge is 0.270 e. The molecule has 0 fully saturated rings. The van der Waals surface area contributed by atoms with E-state index in [1.54, 1.807) is 22.7 Å². The average molecular weight is 1550 g/mol. The molecule has 14 heteroatoms. The second-order valence-corrected chi connectivity index (χ2v) is 36.9. The van der Waals surface area contributed by atoms with Crippen LogP contribution < -0.4 is 0 Å². The predicted octanol–water partition coefficient (Wildman–Crippen LogP) is 31.4. The lowest BCUT2D eigenvalue weighted by atomic mass is 9.99. The Morgan fingerprint density at radius 2 is 0.766 bits per heavy atom. The molecule has 0 spiro atoms. The van der Waals surface area contributed by atoms with E-state index in [1.807, 2.05) is 117 Å². The Balaban J connectivity index is 0.997. The number of nitrogens with zero attached hydrogens (tertiary/aromatic N) is 5. The third kappa shape index (κ3) is 17.9. The second kappa shape index (κ2) is 38.8. The van der Waals surface area contributed by atoms with E-state index in [2.05, 4.69) is 104 Å². The number of rotatable bonds is 41. The fourth-order valence-corrected chi connectivity index (χ4v) is 25.2. The summed E-state index contributed by atoms with van der Waals surface area (Å²) < 4.78 is 8.56. The molecule has 0 amide bonds. The monoisotopic (exact) mass is 1550 g/mol. The molecule has 0 atom stereocenters. The van der Waals surface area contributed by atoms with Gasteiger partial charge in [0.15, 0.2) is 11.6 Å². The highest BCUT2D eigenvalue weighted by Crippen LogP contribution is 2.56. The van der Waals surface area contributed by atoms with Crippen LogP contribution in [0.25, 0.3) is 102 Å². The zero-order valence-corrected chi connectivity index (χ0v) is 69.5. The summed E-state index contributed by atoms with van der Waals surface area (Å²) in [4.78, 5) is 48.5. The number of benzene rings is 2. The van der Waals surface area contributed by atoms with E-state index >= 15 is 0 Å². The van der Waals surface area contributed by atoms with Crippen LogP contribution in [-0.2, 0) is 25.7 Å². The van der Waals surface area contributed by atoms with Gasteiger partial charge in [0, 0.05) is 92.9 Å². The van der Waals surface area contributed by atoms with Crippen molar-refractivity contribution < 1.29 is 9.59 Å². The van der Waals surface area contributed by atoms with Crippen molar-refractivity contribution in [1.29, 1.82) is 10.5 Å². The first kappa shape index (κ1) is 79.2. The van der Waals surface area contributed by atoms with Crippen LogP contribution in [0.3, 0.4) is 0 Å². The molecule has 0 aliphatic heterocycles. The first-order valence-corrected chi connectivity index (χ1v) is 46.0. The van der Waals surface area contributed by atoms with Crippen molar-refractivity contribution in [2.45, 2.75) is 266 Å². The number of aryl methyl sites for hydroxylation is 4. The van der Waals surface area contributed by atoms with Crippen LogP contribution in [0.5, 0.6) is 0 Å². The minimum atomic E-state index is -0.133. The van der Waals surface area contributed by atoms with Crippen molar-refractivity contribution in [3.63, 3.8) is 0 Å². The summed E-state index contributed by atoms with van der Waals surface area (Å²) in [6.45, 7) is 29.8. The standard InChI is InChI=1S/C93H103N5O2S7/c1-9-15-21-27-29-35-45-65(46-36-30-28-22-16-10-2)98-76-57-79(89-63(43-33-25-19-13-5)53-77(103-89)87-61(41-31-23-17-11-3)51-66(101-87)55-72-82(74(59-94)96-7)68-47-37-39-49-70(68)85(72)99)105-91(76)93-84(98)92-81(107-93)58-80(106-92)90-64(44-34-26-20-14-6)54-78(104-90)88-62(42-32-24-18-12-4)52-67(102-88)56-73-83(75(60-95)97-8)69-48-38-40-50-71(69)86(73)100/h37-40,47-58,65H,9-36,41-46H2,1-6H3/b72-55-,73-56-,82-74+,83-75-. The van der Waals surface area contributed by atoms with Crippen molar-refractivity contribution in [1.82, 2.24) is 4.57 Å². The van der Waals surface area contributed by atoms with Crippen molar-refractivity contribution in [3.05, 3.63) is 185 Å². The molecule has 8 aromatic heterocycles. The van der Waals surface area contributed by atoms with Crippen LogP contribution in [0, 0.1) is 35.8 Å². The summed E-state index contributed by atoms with van der Waals surface area (Å²) in [5, 5.41) is 20.5. The molecule has 2 aliphatic rings. The van der Waals surface area contributed by atoms with Gasteiger partial charge in [-0.1, -0.05) is 244 Å². The van der Waals surface area contributed by atoms with E-state index < -0.39 is 0 Å². The molecule has 8 heterocycles. The van der Waals surface area contributed by atoms with Crippen LogP contribution in [0.15, 0.2) is 107 Å². The van der Waals surface area contributed by atoms with Gasteiger partial charge in [0.1, 0.15) is 0 Å². The van der Waals surface area contributed by atoms with E-state index in [0.29, 0.717) is 50.6 Å². The molecule has 2 aromatic carbocycles. The van der Waals surface area contributed by atoms with E-state index in [-0.39, 0.29) is 23.0 Å². The lowest BCUT2D eigenvalue weighted by Gasteiger charge is -2.21. The lowest BCUT2D eigenvalue weighted by Crippen LogP contribution is -2.09. The van der Waals surface area contributed by atoms with E-state index in [4.69, 9.17) is 13.1 Å². The molecule has 0 saturated carbocycles. The molecule has 2 aliphatic carbocycles. The number of nitriles is 2. The summed E-state index contributed by atoms with van der Waals surface area (Å²) in [5.74, 6) is -0.266. The predicted molar refractivity (Wildman–Crippen MR) is 466 cm³/mol. The Bertz CT molecular complexity index is 5060. The number of hydrogen-bond donors (Lipinski definition) is 0. The minimum absolute atomic E-state index is 0.0480. The molecule has 7 nitrogen and oxygen atoms in total. The molecule has 0 bridgehead atoms. The molecule has 0 saturated heterocycles. The zero-order valence-electron chi connectivity index (χ0n) is 63.8. The lowest BCUT2D eigenvalue weighted by molar-refractivity contribution is 0.103. The average Bonchev–Trinajstić information content (AvgIpc) is 1.55. The van der Waals surface area contributed by atoms with E-state index in [9.17, 15) is 20.1 Å². The number of carbonyl (C=O) groups excluding carboxylic acids is 2. The summed E-state index contributed by atoms with van der Waals surface area (Å²) in [5.41, 5.74) is 12.4. The van der Waals surface area contributed by atoms with Gasteiger partial charge in [-0.25, -0.2) is 20.2 Å². The van der Waals surface area contributed by atoms with Crippen LogP contribution in [-0.4, -0.2) is 16.1 Å². The maximum atomic E-state index is 14.3. The molecule has 12 rings (SSSR count).